The summed E-state index contributed by atoms with van der Waals surface area (Å²) in [6, 6.07) is 3.26. The fourth-order valence-electron chi connectivity index (χ4n) is 1.41. The molecule has 0 bridgehead atoms. The molecule has 0 unspecified atom stereocenters. The number of nitrogens with zero attached hydrogens (tertiary/aromatic N) is 1. The highest BCUT2D eigenvalue weighted by atomic mass is 16.2. The number of rotatable bonds is 4. The molecule has 4 N–H and O–H groups in total. The van der Waals surface area contributed by atoms with E-state index in [0.717, 1.165) is 0 Å². The minimum absolute atomic E-state index is 0.142. The van der Waals surface area contributed by atoms with E-state index in [2.05, 4.69) is 15.6 Å². The van der Waals surface area contributed by atoms with E-state index in [4.69, 9.17) is 5.73 Å². The molecule has 0 aromatic carbocycles. The smallest absolute Gasteiger partial charge is 0.272 e. The normalized spacial score (nSPS) is 10.8. The lowest BCUT2D eigenvalue weighted by molar-refractivity contribution is -0.128. The SMILES string of the molecule is CNC(=O)C(C)(C)CNC(=O)c1ncccc1N. The number of carbonyl (C=O) groups excluding carboxylic acids is 2. The van der Waals surface area contributed by atoms with Crippen molar-refractivity contribution in [2.45, 2.75) is 13.8 Å². The number of carbonyl (C=O) groups is 2. The number of pyridine rings is 1. The van der Waals surface area contributed by atoms with Crippen LogP contribution in [-0.2, 0) is 4.79 Å². The first-order valence-electron chi connectivity index (χ1n) is 5.59. The molecule has 0 aliphatic rings. The zero-order chi connectivity index (χ0) is 13.8. The van der Waals surface area contributed by atoms with Crippen LogP contribution in [0.5, 0.6) is 0 Å². The maximum atomic E-state index is 11.8. The molecular weight excluding hydrogens is 232 g/mol. The lowest BCUT2D eigenvalue weighted by Crippen LogP contribution is -2.44. The Bertz CT molecular complexity index is 457. The van der Waals surface area contributed by atoms with Crippen molar-refractivity contribution in [1.82, 2.24) is 15.6 Å². The molecule has 0 saturated carbocycles. The van der Waals surface area contributed by atoms with Gasteiger partial charge in [-0.05, 0) is 26.0 Å². The van der Waals surface area contributed by atoms with Gasteiger partial charge in [0.05, 0.1) is 11.1 Å². The predicted molar refractivity (Wildman–Crippen MR) is 68.8 cm³/mol. The summed E-state index contributed by atoms with van der Waals surface area (Å²) in [5, 5.41) is 5.20. The molecule has 6 heteroatoms. The summed E-state index contributed by atoms with van der Waals surface area (Å²) >= 11 is 0. The minimum Gasteiger partial charge on any atom is -0.397 e. The van der Waals surface area contributed by atoms with Crippen LogP contribution in [0.15, 0.2) is 18.3 Å². The van der Waals surface area contributed by atoms with Gasteiger partial charge in [-0.2, -0.15) is 0 Å². The molecule has 18 heavy (non-hydrogen) atoms. The van der Waals surface area contributed by atoms with Crippen LogP contribution < -0.4 is 16.4 Å². The van der Waals surface area contributed by atoms with Crippen LogP contribution in [0.25, 0.3) is 0 Å². The summed E-state index contributed by atoms with van der Waals surface area (Å²) < 4.78 is 0. The Hall–Kier alpha value is -2.11. The molecule has 0 spiro atoms. The number of anilines is 1. The first kappa shape index (κ1) is 14.0. The average Bonchev–Trinajstić information content (AvgIpc) is 2.35. The number of hydrogen-bond acceptors (Lipinski definition) is 4. The van der Waals surface area contributed by atoms with Gasteiger partial charge in [-0.25, -0.2) is 4.98 Å². The summed E-state index contributed by atoms with van der Waals surface area (Å²) in [4.78, 5) is 27.3. The highest BCUT2D eigenvalue weighted by Crippen LogP contribution is 2.14. The summed E-state index contributed by atoms with van der Waals surface area (Å²) in [5.41, 5.74) is 5.44. The quantitative estimate of drug-likeness (QED) is 0.709. The molecule has 0 fully saturated rings. The first-order valence-corrected chi connectivity index (χ1v) is 5.59. The van der Waals surface area contributed by atoms with E-state index in [1.54, 1.807) is 33.0 Å². The molecule has 1 rings (SSSR count). The number of nitrogens with two attached hydrogens (primary N) is 1. The van der Waals surface area contributed by atoms with Crippen LogP contribution >= 0.6 is 0 Å². The van der Waals surface area contributed by atoms with E-state index in [0.29, 0.717) is 5.69 Å². The second kappa shape index (κ2) is 5.48. The van der Waals surface area contributed by atoms with Gasteiger partial charge in [-0.15, -0.1) is 0 Å². The third-order valence-electron chi connectivity index (χ3n) is 2.59. The number of nitrogens with one attached hydrogen (secondary N) is 2. The Labute approximate surface area is 106 Å². The third kappa shape index (κ3) is 3.19. The summed E-state index contributed by atoms with van der Waals surface area (Å²) in [6.45, 7) is 3.70. The molecule has 1 aromatic heterocycles. The van der Waals surface area contributed by atoms with Crippen molar-refractivity contribution in [3.63, 3.8) is 0 Å². The van der Waals surface area contributed by atoms with Gasteiger partial charge < -0.3 is 16.4 Å². The van der Waals surface area contributed by atoms with Crippen LogP contribution in [0.4, 0.5) is 5.69 Å². The lowest BCUT2D eigenvalue weighted by atomic mass is 9.92. The first-order chi connectivity index (χ1) is 8.38. The molecule has 1 aromatic rings. The van der Waals surface area contributed by atoms with Crippen molar-refractivity contribution >= 4 is 17.5 Å². The Morgan fingerprint density at radius 1 is 1.44 bits per heavy atom. The van der Waals surface area contributed by atoms with E-state index in [1.807, 2.05) is 0 Å². The van der Waals surface area contributed by atoms with Gasteiger partial charge in [0.25, 0.3) is 5.91 Å². The number of amides is 2. The van der Waals surface area contributed by atoms with Gasteiger partial charge >= 0.3 is 0 Å². The van der Waals surface area contributed by atoms with Crippen LogP contribution in [0.1, 0.15) is 24.3 Å². The summed E-state index contributed by atoms with van der Waals surface area (Å²) in [7, 11) is 1.56. The van der Waals surface area contributed by atoms with E-state index >= 15 is 0 Å². The summed E-state index contributed by atoms with van der Waals surface area (Å²) in [5.74, 6) is -0.526. The van der Waals surface area contributed by atoms with E-state index in [9.17, 15) is 9.59 Å². The van der Waals surface area contributed by atoms with Crippen LogP contribution in [0, 0.1) is 5.41 Å². The fourth-order valence-corrected chi connectivity index (χ4v) is 1.41. The predicted octanol–water partition coefficient (Wildman–Crippen LogP) is 0.166. The number of aromatic nitrogens is 1. The zero-order valence-corrected chi connectivity index (χ0v) is 10.8. The fraction of sp³-hybridized carbons (Fsp3) is 0.417. The molecule has 6 nitrogen and oxygen atoms in total. The van der Waals surface area contributed by atoms with Crippen molar-refractivity contribution in [2.24, 2.45) is 5.41 Å². The Balaban J connectivity index is 2.68. The molecule has 1 heterocycles. The van der Waals surface area contributed by atoms with Gasteiger partial charge in [-0.1, -0.05) is 0 Å². The standard InChI is InChI=1S/C12H18N4O2/c1-12(2,11(18)14-3)7-16-10(17)9-8(13)5-4-6-15-9/h4-6H,7,13H2,1-3H3,(H,14,18)(H,16,17). The Morgan fingerprint density at radius 3 is 2.67 bits per heavy atom. The largest absolute Gasteiger partial charge is 0.397 e. The van der Waals surface area contributed by atoms with Gasteiger partial charge in [-0.3, -0.25) is 9.59 Å². The van der Waals surface area contributed by atoms with Crippen molar-refractivity contribution in [3.8, 4) is 0 Å². The van der Waals surface area contributed by atoms with E-state index < -0.39 is 5.41 Å². The van der Waals surface area contributed by atoms with Crippen LogP contribution in [-0.4, -0.2) is 30.4 Å². The van der Waals surface area contributed by atoms with Gasteiger partial charge in [0.2, 0.25) is 5.91 Å². The lowest BCUT2D eigenvalue weighted by Gasteiger charge is -2.22. The Morgan fingerprint density at radius 2 is 2.11 bits per heavy atom. The highest BCUT2D eigenvalue weighted by Gasteiger charge is 2.27. The van der Waals surface area contributed by atoms with E-state index in [1.165, 1.54) is 6.20 Å². The van der Waals surface area contributed by atoms with Gasteiger partial charge in [0.15, 0.2) is 5.69 Å². The molecular formula is C12H18N4O2. The minimum atomic E-state index is -0.687. The van der Waals surface area contributed by atoms with Crippen LogP contribution in [0.2, 0.25) is 0 Å². The van der Waals surface area contributed by atoms with Crippen molar-refractivity contribution in [1.29, 1.82) is 0 Å². The Kier molecular flexibility index (Phi) is 4.25. The highest BCUT2D eigenvalue weighted by molar-refractivity contribution is 5.97. The second-order valence-electron chi connectivity index (χ2n) is 4.59. The molecule has 0 aliphatic heterocycles. The summed E-state index contributed by atoms with van der Waals surface area (Å²) in [6.07, 6.45) is 1.50. The molecule has 0 radical (unpaired) electrons. The topological polar surface area (TPSA) is 97.1 Å². The maximum absolute atomic E-state index is 11.8. The third-order valence-corrected chi connectivity index (χ3v) is 2.59. The monoisotopic (exact) mass is 250 g/mol. The maximum Gasteiger partial charge on any atom is 0.272 e. The zero-order valence-electron chi connectivity index (χ0n) is 10.8. The molecule has 0 saturated heterocycles. The van der Waals surface area contributed by atoms with Gasteiger partial charge in [0.1, 0.15) is 0 Å². The number of nitrogen functional groups attached to an aromatic ring is 1. The van der Waals surface area contributed by atoms with Crippen molar-refractivity contribution < 1.29 is 9.59 Å². The number of hydrogen-bond donors (Lipinski definition) is 3. The van der Waals surface area contributed by atoms with Crippen LogP contribution in [0.3, 0.4) is 0 Å². The molecule has 0 aliphatic carbocycles. The van der Waals surface area contributed by atoms with E-state index in [-0.39, 0.29) is 24.1 Å². The molecule has 0 atom stereocenters. The van der Waals surface area contributed by atoms with Crippen molar-refractivity contribution in [3.05, 3.63) is 24.0 Å². The van der Waals surface area contributed by atoms with Gasteiger partial charge in [0, 0.05) is 19.8 Å². The van der Waals surface area contributed by atoms with Crippen molar-refractivity contribution in [2.75, 3.05) is 19.3 Å². The molecule has 98 valence electrons. The average molecular weight is 250 g/mol. The molecule has 2 amide bonds. The second-order valence-corrected chi connectivity index (χ2v) is 4.59.